The monoisotopic (exact) mass is 341 g/mol. The second-order valence-corrected chi connectivity index (χ2v) is 6.11. The minimum absolute atomic E-state index is 0.284. The summed E-state index contributed by atoms with van der Waals surface area (Å²) in [5.74, 6) is 0.197. The molecule has 0 atom stereocenters. The maximum Gasteiger partial charge on any atom is 0.332 e. The van der Waals surface area contributed by atoms with E-state index in [0.717, 1.165) is 10.3 Å². The van der Waals surface area contributed by atoms with Crippen molar-refractivity contribution < 1.29 is 4.39 Å². The highest BCUT2D eigenvalue weighted by molar-refractivity contribution is 5.75. The zero-order valence-corrected chi connectivity index (χ0v) is 14.0. The van der Waals surface area contributed by atoms with Gasteiger partial charge in [-0.25, -0.2) is 9.18 Å². The molecule has 25 heavy (non-hydrogen) atoms. The molecule has 4 rings (SSSR count). The number of rotatable bonds is 2. The van der Waals surface area contributed by atoms with Crippen molar-refractivity contribution in [3.05, 3.63) is 68.4 Å². The van der Waals surface area contributed by atoms with Crippen LogP contribution in [0.1, 0.15) is 11.3 Å². The van der Waals surface area contributed by atoms with Crippen LogP contribution in [0.5, 0.6) is 0 Å². The van der Waals surface area contributed by atoms with Gasteiger partial charge in [0.25, 0.3) is 5.56 Å². The van der Waals surface area contributed by atoms with Crippen molar-refractivity contribution in [2.24, 2.45) is 14.1 Å². The molecule has 0 bridgehead atoms. The molecule has 0 aliphatic heterocycles. The highest BCUT2D eigenvalue weighted by atomic mass is 19.1. The van der Waals surface area contributed by atoms with E-state index in [-0.39, 0.29) is 12.4 Å². The van der Waals surface area contributed by atoms with Crippen LogP contribution in [0.2, 0.25) is 0 Å². The van der Waals surface area contributed by atoms with Crippen molar-refractivity contribution in [3.63, 3.8) is 0 Å². The van der Waals surface area contributed by atoms with E-state index in [2.05, 4.69) is 4.98 Å². The molecular weight excluding hydrogens is 325 g/mol. The predicted octanol–water partition coefficient (Wildman–Crippen LogP) is 1.18. The number of hydrogen-bond donors (Lipinski definition) is 0. The number of imidazole rings is 2. The molecule has 0 fully saturated rings. The van der Waals surface area contributed by atoms with Crippen molar-refractivity contribution in [1.29, 1.82) is 0 Å². The SMILES string of the molecule is Cc1cn2c3c(=O)n(C)c(=O)n(C)c3nc2n1Cc1ccccc1F. The van der Waals surface area contributed by atoms with Crippen molar-refractivity contribution in [2.45, 2.75) is 13.5 Å². The average Bonchev–Trinajstić information content (AvgIpc) is 3.09. The molecule has 0 aliphatic rings. The van der Waals surface area contributed by atoms with Crippen LogP contribution in [0.3, 0.4) is 0 Å². The van der Waals surface area contributed by atoms with Crippen LogP contribution in [0.4, 0.5) is 4.39 Å². The highest BCUT2D eigenvalue weighted by Crippen LogP contribution is 2.18. The van der Waals surface area contributed by atoms with E-state index in [0.29, 0.717) is 22.5 Å². The standard InChI is InChI=1S/C17H16FN5O2/c1-10-8-23-13-14(20(2)17(25)21(3)15(13)24)19-16(23)22(10)9-11-6-4-5-7-12(11)18/h4-8H,9H2,1-3H3. The van der Waals surface area contributed by atoms with Gasteiger partial charge in [-0.1, -0.05) is 18.2 Å². The Bertz CT molecular complexity index is 1260. The topological polar surface area (TPSA) is 66.2 Å². The summed E-state index contributed by atoms with van der Waals surface area (Å²) in [6.07, 6.45) is 1.78. The van der Waals surface area contributed by atoms with Gasteiger partial charge < -0.3 is 4.57 Å². The molecule has 3 heterocycles. The van der Waals surface area contributed by atoms with Gasteiger partial charge in [0.2, 0.25) is 5.78 Å². The Kier molecular flexibility index (Phi) is 3.18. The van der Waals surface area contributed by atoms with E-state index in [4.69, 9.17) is 0 Å². The summed E-state index contributed by atoms with van der Waals surface area (Å²) < 4.78 is 19.9. The maximum atomic E-state index is 14.0. The van der Waals surface area contributed by atoms with Crippen molar-refractivity contribution in [3.8, 4) is 0 Å². The Labute approximate surface area is 141 Å². The van der Waals surface area contributed by atoms with Crippen LogP contribution in [0, 0.1) is 12.7 Å². The van der Waals surface area contributed by atoms with E-state index < -0.39 is 11.2 Å². The molecule has 0 N–H and O–H groups in total. The Morgan fingerprint density at radius 2 is 1.84 bits per heavy atom. The summed E-state index contributed by atoms with van der Waals surface area (Å²) in [4.78, 5) is 29.1. The van der Waals surface area contributed by atoms with Gasteiger partial charge in [0.1, 0.15) is 5.82 Å². The summed E-state index contributed by atoms with van der Waals surface area (Å²) in [6.45, 7) is 2.15. The lowest BCUT2D eigenvalue weighted by Crippen LogP contribution is -2.37. The second-order valence-electron chi connectivity index (χ2n) is 6.11. The molecule has 1 aromatic carbocycles. The smallest absolute Gasteiger partial charge is 0.310 e. The third-order valence-electron chi connectivity index (χ3n) is 4.54. The van der Waals surface area contributed by atoms with E-state index >= 15 is 0 Å². The van der Waals surface area contributed by atoms with Gasteiger partial charge >= 0.3 is 5.69 Å². The Hall–Kier alpha value is -3.16. The molecule has 0 radical (unpaired) electrons. The average molecular weight is 341 g/mol. The molecule has 0 saturated carbocycles. The maximum absolute atomic E-state index is 14.0. The molecular formula is C17H16FN5O2. The summed E-state index contributed by atoms with van der Waals surface area (Å²) in [5.41, 5.74) is 1.16. The first kappa shape index (κ1) is 15.4. The van der Waals surface area contributed by atoms with Crippen molar-refractivity contribution in [2.75, 3.05) is 0 Å². The van der Waals surface area contributed by atoms with Gasteiger partial charge in [-0.2, -0.15) is 4.98 Å². The first-order valence-electron chi connectivity index (χ1n) is 7.77. The Morgan fingerprint density at radius 3 is 2.56 bits per heavy atom. The van der Waals surface area contributed by atoms with Gasteiger partial charge in [-0.3, -0.25) is 18.3 Å². The molecule has 0 spiro atoms. The van der Waals surface area contributed by atoms with Crippen LogP contribution in [0.25, 0.3) is 16.9 Å². The van der Waals surface area contributed by atoms with Gasteiger partial charge in [-0.15, -0.1) is 0 Å². The summed E-state index contributed by atoms with van der Waals surface area (Å²) in [7, 11) is 3.01. The lowest BCUT2D eigenvalue weighted by Gasteiger charge is -2.07. The van der Waals surface area contributed by atoms with Gasteiger partial charge in [0.15, 0.2) is 11.2 Å². The summed E-state index contributed by atoms with van der Waals surface area (Å²) in [5, 5.41) is 0. The van der Waals surface area contributed by atoms with Gasteiger partial charge in [0, 0.05) is 31.5 Å². The molecule has 0 unspecified atom stereocenters. The molecule has 128 valence electrons. The summed E-state index contributed by atoms with van der Waals surface area (Å²) in [6, 6.07) is 6.53. The molecule has 4 aromatic rings. The van der Waals surface area contributed by atoms with Crippen molar-refractivity contribution in [1.82, 2.24) is 23.1 Å². The number of aryl methyl sites for hydroxylation is 2. The van der Waals surface area contributed by atoms with E-state index in [1.807, 2.05) is 11.5 Å². The van der Waals surface area contributed by atoms with Crippen LogP contribution in [-0.2, 0) is 20.6 Å². The lowest BCUT2D eigenvalue weighted by molar-refractivity contribution is 0.599. The number of aromatic nitrogens is 5. The number of hydrogen-bond acceptors (Lipinski definition) is 3. The first-order valence-corrected chi connectivity index (χ1v) is 7.77. The van der Waals surface area contributed by atoms with E-state index in [1.165, 1.54) is 17.7 Å². The quantitative estimate of drug-likeness (QED) is 0.550. The van der Waals surface area contributed by atoms with Crippen LogP contribution in [0.15, 0.2) is 40.1 Å². The number of fused-ring (bicyclic) bond motifs is 3. The third kappa shape index (κ3) is 2.07. The largest absolute Gasteiger partial charge is 0.332 e. The van der Waals surface area contributed by atoms with Crippen LogP contribution in [-0.4, -0.2) is 23.1 Å². The fourth-order valence-electron chi connectivity index (χ4n) is 3.12. The zero-order valence-electron chi connectivity index (χ0n) is 14.0. The van der Waals surface area contributed by atoms with Gasteiger partial charge in [-0.05, 0) is 13.0 Å². The molecule has 0 saturated heterocycles. The number of halogens is 1. The molecule has 3 aromatic heterocycles. The zero-order chi connectivity index (χ0) is 17.9. The lowest BCUT2D eigenvalue weighted by atomic mass is 10.2. The molecule has 0 aliphatic carbocycles. The Morgan fingerprint density at radius 1 is 1.12 bits per heavy atom. The van der Waals surface area contributed by atoms with Crippen LogP contribution < -0.4 is 11.2 Å². The Balaban J connectivity index is 2.05. The van der Waals surface area contributed by atoms with Crippen LogP contribution >= 0.6 is 0 Å². The number of benzene rings is 1. The molecule has 7 nitrogen and oxygen atoms in total. The minimum atomic E-state index is -0.435. The first-order chi connectivity index (χ1) is 11.9. The van der Waals surface area contributed by atoms with E-state index in [9.17, 15) is 14.0 Å². The third-order valence-corrected chi connectivity index (χ3v) is 4.54. The molecule has 0 amide bonds. The minimum Gasteiger partial charge on any atom is -0.310 e. The summed E-state index contributed by atoms with van der Waals surface area (Å²) >= 11 is 0. The fourth-order valence-corrected chi connectivity index (χ4v) is 3.12. The van der Waals surface area contributed by atoms with Crippen molar-refractivity contribution >= 4 is 16.9 Å². The highest BCUT2D eigenvalue weighted by Gasteiger charge is 2.19. The normalized spacial score (nSPS) is 11.7. The fraction of sp³-hybridized carbons (Fsp3) is 0.235. The predicted molar refractivity (Wildman–Crippen MR) is 91.4 cm³/mol. The molecule has 8 heteroatoms. The second kappa shape index (κ2) is 5.17. The van der Waals surface area contributed by atoms with Gasteiger partial charge in [0.05, 0.1) is 6.54 Å². The number of nitrogens with zero attached hydrogens (tertiary/aromatic N) is 5. The van der Waals surface area contributed by atoms with E-state index in [1.54, 1.807) is 35.8 Å².